The molecule has 2 atom stereocenters. The number of hydrogen-bond acceptors (Lipinski definition) is 4. The summed E-state index contributed by atoms with van der Waals surface area (Å²) in [7, 11) is 0. The summed E-state index contributed by atoms with van der Waals surface area (Å²) >= 11 is 0. The lowest BCUT2D eigenvalue weighted by Crippen LogP contribution is -2.57. The highest BCUT2D eigenvalue weighted by atomic mass is 16.6. The monoisotopic (exact) mass is 485 g/mol. The fourth-order valence-electron chi connectivity index (χ4n) is 4.85. The minimum atomic E-state index is -0.814. The normalized spacial score (nSPS) is 18.7. The van der Waals surface area contributed by atoms with Crippen LogP contribution in [0.15, 0.2) is 24.3 Å². The van der Waals surface area contributed by atoms with Gasteiger partial charge < -0.3 is 20.3 Å². The number of ether oxygens (including phenoxy) is 1. The van der Waals surface area contributed by atoms with Gasteiger partial charge in [-0.1, -0.05) is 50.5 Å². The lowest BCUT2D eigenvalue weighted by molar-refractivity contribution is -0.147. The molecule has 2 unspecified atom stereocenters. The van der Waals surface area contributed by atoms with Crippen molar-refractivity contribution in [2.24, 2.45) is 0 Å². The molecule has 1 aromatic rings. The second-order valence-electron chi connectivity index (χ2n) is 11.0. The van der Waals surface area contributed by atoms with E-state index in [0.29, 0.717) is 0 Å². The van der Waals surface area contributed by atoms with E-state index in [4.69, 9.17) is 4.74 Å². The maximum atomic E-state index is 13.8. The van der Waals surface area contributed by atoms with Crippen LogP contribution in [0.1, 0.15) is 103 Å². The molecule has 2 fully saturated rings. The van der Waals surface area contributed by atoms with Crippen LogP contribution in [0, 0.1) is 0 Å². The second-order valence-corrected chi connectivity index (χ2v) is 11.0. The average Bonchev–Trinajstić information content (AvgIpc) is 2.76. The van der Waals surface area contributed by atoms with Crippen LogP contribution in [0.2, 0.25) is 0 Å². The molecule has 0 bridgehead atoms. The van der Waals surface area contributed by atoms with Gasteiger partial charge in [-0.2, -0.15) is 0 Å². The number of benzene rings is 1. The van der Waals surface area contributed by atoms with Crippen molar-refractivity contribution in [2.45, 2.75) is 122 Å². The molecule has 0 heterocycles. The van der Waals surface area contributed by atoms with Crippen molar-refractivity contribution in [3.05, 3.63) is 35.4 Å². The predicted octanol–water partition coefficient (Wildman–Crippen LogP) is 5.03. The third-order valence-corrected chi connectivity index (χ3v) is 7.01. The van der Waals surface area contributed by atoms with Gasteiger partial charge in [0.05, 0.1) is 0 Å². The van der Waals surface area contributed by atoms with Crippen LogP contribution in [-0.4, -0.2) is 46.5 Å². The van der Waals surface area contributed by atoms with Crippen LogP contribution in [0.3, 0.4) is 0 Å². The first kappa shape index (κ1) is 27.0. The lowest BCUT2D eigenvalue weighted by Gasteiger charge is -2.43. The molecule has 0 aromatic heterocycles. The Kier molecular flexibility index (Phi) is 9.20. The molecule has 0 saturated heterocycles. The van der Waals surface area contributed by atoms with E-state index in [1.807, 2.05) is 24.3 Å². The first-order chi connectivity index (χ1) is 16.6. The van der Waals surface area contributed by atoms with Crippen molar-refractivity contribution in [3.8, 4) is 0 Å². The van der Waals surface area contributed by atoms with Gasteiger partial charge in [-0.05, 0) is 77.3 Å². The van der Waals surface area contributed by atoms with E-state index >= 15 is 0 Å². The van der Waals surface area contributed by atoms with E-state index in [-0.39, 0.29) is 23.9 Å². The Morgan fingerprint density at radius 1 is 1.00 bits per heavy atom. The van der Waals surface area contributed by atoms with Crippen LogP contribution in [0.25, 0.3) is 0 Å². The SMILES string of the molecule is CCc1ccc(C(C(=O)NC2CCCCC2)N(C(=O)C(C)NC(=O)OC(C)(C)C)C2CCC2)cc1. The highest BCUT2D eigenvalue weighted by Crippen LogP contribution is 2.34. The van der Waals surface area contributed by atoms with E-state index in [2.05, 4.69) is 17.6 Å². The zero-order valence-corrected chi connectivity index (χ0v) is 22.1. The van der Waals surface area contributed by atoms with Crippen LogP contribution in [-0.2, 0) is 20.7 Å². The Bertz CT molecular complexity index is 867. The molecule has 7 heteroatoms. The summed E-state index contributed by atoms with van der Waals surface area (Å²) in [5, 5.41) is 5.93. The smallest absolute Gasteiger partial charge is 0.408 e. The van der Waals surface area contributed by atoms with Gasteiger partial charge in [0.2, 0.25) is 11.8 Å². The van der Waals surface area contributed by atoms with Crippen LogP contribution in [0.4, 0.5) is 4.79 Å². The van der Waals surface area contributed by atoms with Gasteiger partial charge in [-0.15, -0.1) is 0 Å². The Balaban J connectivity index is 1.88. The largest absolute Gasteiger partial charge is 0.444 e. The Morgan fingerprint density at radius 3 is 2.14 bits per heavy atom. The molecule has 2 aliphatic carbocycles. The van der Waals surface area contributed by atoms with Crippen LogP contribution in [0.5, 0.6) is 0 Å². The highest BCUT2D eigenvalue weighted by molar-refractivity contribution is 5.92. The molecule has 35 heavy (non-hydrogen) atoms. The number of amides is 3. The third-order valence-electron chi connectivity index (χ3n) is 7.01. The van der Waals surface area contributed by atoms with Gasteiger partial charge >= 0.3 is 6.09 Å². The van der Waals surface area contributed by atoms with E-state index in [1.165, 1.54) is 12.0 Å². The molecule has 0 spiro atoms. The number of alkyl carbamates (subject to hydrolysis) is 1. The number of aryl methyl sites for hydroxylation is 1. The van der Waals surface area contributed by atoms with Gasteiger partial charge in [-0.3, -0.25) is 9.59 Å². The summed E-state index contributed by atoms with van der Waals surface area (Å²) in [4.78, 5) is 41.7. The average molecular weight is 486 g/mol. The fourth-order valence-corrected chi connectivity index (χ4v) is 4.85. The van der Waals surface area contributed by atoms with Gasteiger partial charge in [0, 0.05) is 12.1 Å². The predicted molar refractivity (Wildman–Crippen MR) is 137 cm³/mol. The van der Waals surface area contributed by atoms with E-state index in [1.54, 1.807) is 32.6 Å². The van der Waals surface area contributed by atoms with E-state index < -0.39 is 23.8 Å². The van der Waals surface area contributed by atoms with Crippen molar-refractivity contribution in [3.63, 3.8) is 0 Å². The van der Waals surface area contributed by atoms with Crippen molar-refractivity contribution in [2.75, 3.05) is 0 Å². The van der Waals surface area contributed by atoms with E-state index in [0.717, 1.165) is 56.9 Å². The van der Waals surface area contributed by atoms with Crippen LogP contribution < -0.4 is 10.6 Å². The highest BCUT2D eigenvalue weighted by Gasteiger charge is 2.41. The Labute approximate surface area is 210 Å². The first-order valence-electron chi connectivity index (χ1n) is 13.3. The number of nitrogens with one attached hydrogen (secondary N) is 2. The number of nitrogens with zero attached hydrogens (tertiary/aromatic N) is 1. The Morgan fingerprint density at radius 2 is 1.63 bits per heavy atom. The van der Waals surface area contributed by atoms with Crippen molar-refractivity contribution < 1.29 is 19.1 Å². The van der Waals surface area contributed by atoms with Crippen molar-refractivity contribution in [1.82, 2.24) is 15.5 Å². The minimum Gasteiger partial charge on any atom is -0.444 e. The summed E-state index contributed by atoms with van der Waals surface area (Å²) in [5.41, 5.74) is 1.33. The van der Waals surface area contributed by atoms with Gasteiger partial charge in [0.25, 0.3) is 0 Å². The van der Waals surface area contributed by atoms with E-state index in [9.17, 15) is 14.4 Å². The summed E-state index contributed by atoms with van der Waals surface area (Å²) in [5.74, 6) is -0.394. The number of rotatable bonds is 8. The van der Waals surface area contributed by atoms with Crippen LogP contribution >= 0.6 is 0 Å². The zero-order valence-electron chi connectivity index (χ0n) is 22.1. The molecule has 2 N–H and O–H groups in total. The zero-order chi connectivity index (χ0) is 25.6. The molecule has 1 aromatic carbocycles. The lowest BCUT2D eigenvalue weighted by atomic mass is 9.87. The molecule has 3 rings (SSSR count). The summed E-state index contributed by atoms with van der Waals surface area (Å²) in [6.07, 6.45) is 8.37. The fraction of sp³-hybridized carbons (Fsp3) is 0.679. The summed E-state index contributed by atoms with van der Waals surface area (Å²) in [6.45, 7) is 9.10. The Hall–Kier alpha value is -2.57. The molecule has 0 aliphatic heterocycles. The molecule has 0 radical (unpaired) electrons. The standard InChI is InChI=1S/C28H43N3O4/c1-6-20-15-17-21(18-16-20)24(25(32)30-22-11-8-7-9-12-22)31(23-13-10-14-23)26(33)19(2)29-27(34)35-28(3,4)5/h15-19,22-24H,6-14H2,1-5H3,(H,29,34)(H,30,32). The number of carbonyl (C=O) groups is 3. The first-order valence-corrected chi connectivity index (χ1v) is 13.3. The second kappa shape index (κ2) is 11.9. The van der Waals surface area contributed by atoms with Gasteiger partial charge in [-0.25, -0.2) is 4.79 Å². The molecule has 2 aliphatic rings. The van der Waals surface area contributed by atoms with Gasteiger partial charge in [0.15, 0.2) is 0 Å². The molecule has 3 amide bonds. The topological polar surface area (TPSA) is 87.7 Å². The molecular weight excluding hydrogens is 442 g/mol. The maximum absolute atomic E-state index is 13.8. The molecular formula is C28H43N3O4. The third kappa shape index (κ3) is 7.45. The molecule has 2 saturated carbocycles. The number of hydrogen-bond donors (Lipinski definition) is 2. The van der Waals surface area contributed by atoms with Gasteiger partial charge in [0.1, 0.15) is 17.7 Å². The minimum absolute atomic E-state index is 0.0293. The van der Waals surface area contributed by atoms with Crippen molar-refractivity contribution in [1.29, 1.82) is 0 Å². The molecule has 194 valence electrons. The number of carbonyl (C=O) groups excluding carboxylic acids is 3. The molecule has 7 nitrogen and oxygen atoms in total. The maximum Gasteiger partial charge on any atom is 0.408 e. The van der Waals surface area contributed by atoms with Crippen molar-refractivity contribution >= 4 is 17.9 Å². The quantitative estimate of drug-likeness (QED) is 0.540. The summed E-state index contributed by atoms with van der Waals surface area (Å²) < 4.78 is 5.36. The summed E-state index contributed by atoms with van der Waals surface area (Å²) in [6, 6.07) is 6.56.